The molecule has 0 aliphatic carbocycles. The SMILES string of the molecule is Cc1cc(Br)cn1C(=O)OC(C)(C)C. The van der Waals surface area contributed by atoms with Crippen LogP contribution in [0.4, 0.5) is 4.79 Å². The van der Waals surface area contributed by atoms with E-state index in [4.69, 9.17) is 4.74 Å². The van der Waals surface area contributed by atoms with E-state index in [0.717, 1.165) is 10.2 Å². The third-order valence-electron chi connectivity index (χ3n) is 1.57. The quantitative estimate of drug-likeness (QED) is 0.716. The molecule has 0 amide bonds. The number of aromatic nitrogens is 1. The van der Waals surface area contributed by atoms with Crippen molar-refractivity contribution in [1.29, 1.82) is 0 Å². The van der Waals surface area contributed by atoms with Crippen LogP contribution in [0.1, 0.15) is 26.5 Å². The van der Waals surface area contributed by atoms with Crippen LogP contribution in [0, 0.1) is 6.92 Å². The van der Waals surface area contributed by atoms with Gasteiger partial charge in [0, 0.05) is 16.4 Å². The fourth-order valence-corrected chi connectivity index (χ4v) is 1.58. The van der Waals surface area contributed by atoms with E-state index in [-0.39, 0.29) is 6.09 Å². The fourth-order valence-electron chi connectivity index (χ4n) is 1.04. The molecule has 4 heteroatoms. The molecule has 1 aromatic heterocycles. The van der Waals surface area contributed by atoms with E-state index in [2.05, 4.69) is 15.9 Å². The number of carbonyl (C=O) groups is 1. The summed E-state index contributed by atoms with van der Waals surface area (Å²) < 4.78 is 7.58. The van der Waals surface area contributed by atoms with Gasteiger partial charge in [0.15, 0.2) is 0 Å². The zero-order valence-electron chi connectivity index (χ0n) is 8.80. The van der Waals surface area contributed by atoms with Crippen LogP contribution in [0.25, 0.3) is 0 Å². The van der Waals surface area contributed by atoms with Crippen molar-refractivity contribution in [3.8, 4) is 0 Å². The van der Waals surface area contributed by atoms with Gasteiger partial charge in [0.25, 0.3) is 0 Å². The molecule has 0 aliphatic rings. The molecule has 1 aromatic rings. The zero-order valence-corrected chi connectivity index (χ0v) is 10.4. The second-order valence-corrected chi connectivity index (χ2v) is 5.07. The molecule has 1 rings (SSSR count). The first-order valence-corrected chi connectivity index (χ1v) is 5.17. The minimum Gasteiger partial charge on any atom is -0.443 e. The molecule has 0 saturated heterocycles. The number of halogens is 1. The molecule has 78 valence electrons. The number of hydrogen-bond donors (Lipinski definition) is 0. The van der Waals surface area contributed by atoms with Gasteiger partial charge in [0.1, 0.15) is 5.60 Å². The van der Waals surface area contributed by atoms with Crippen LogP contribution >= 0.6 is 15.9 Å². The van der Waals surface area contributed by atoms with Gasteiger partial charge in [0.2, 0.25) is 0 Å². The number of aryl methyl sites for hydroxylation is 1. The fraction of sp³-hybridized carbons (Fsp3) is 0.500. The van der Waals surface area contributed by atoms with Crippen molar-refractivity contribution in [2.45, 2.75) is 33.3 Å². The van der Waals surface area contributed by atoms with Gasteiger partial charge < -0.3 is 4.74 Å². The second-order valence-electron chi connectivity index (χ2n) is 4.15. The van der Waals surface area contributed by atoms with Crippen LogP contribution in [0.2, 0.25) is 0 Å². The lowest BCUT2D eigenvalue weighted by atomic mass is 10.2. The van der Waals surface area contributed by atoms with Crippen LogP contribution in [0.5, 0.6) is 0 Å². The Labute approximate surface area is 92.2 Å². The summed E-state index contributed by atoms with van der Waals surface area (Å²) in [5.74, 6) is 0. The first kappa shape index (κ1) is 11.3. The van der Waals surface area contributed by atoms with E-state index >= 15 is 0 Å². The molecule has 0 N–H and O–H groups in total. The minimum atomic E-state index is -0.458. The summed E-state index contributed by atoms with van der Waals surface area (Å²) >= 11 is 3.30. The Bertz CT molecular complexity index is 349. The van der Waals surface area contributed by atoms with Crippen LogP contribution < -0.4 is 0 Å². The Kier molecular flexibility index (Phi) is 3.04. The standard InChI is InChI=1S/C10H14BrNO2/c1-7-5-8(11)6-12(7)9(13)14-10(2,3)4/h5-6H,1-4H3. The first-order chi connectivity index (χ1) is 6.29. The predicted molar refractivity (Wildman–Crippen MR) is 58.5 cm³/mol. The van der Waals surface area contributed by atoms with Crippen LogP contribution in [-0.4, -0.2) is 16.3 Å². The summed E-state index contributed by atoms with van der Waals surface area (Å²) in [4.78, 5) is 11.6. The Morgan fingerprint density at radius 1 is 1.50 bits per heavy atom. The average Bonchev–Trinajstić information content (AvgIpc) is 2.26. The molecule has 0 aliphatic heterocycles. The average molecular weight is 260 g/mol. The third kappa shape index (κ3) is 2.87. The van der Waals surface area contributed by atoms with Crippen molar-refractivity contribution in [1.82, 2.24) is 4.57 Å². The van der Waals surface area contributed by atoms with Gasteiger partial charge in [-0.3, -0.25) is 4.57 Å². The largest absolute Gasteiger partial charge is 0.443 e. The summed E-state index contributed by atoms with van der Waals surface area (Å²) in [6.07, 6.45) is 1.35. The molecule has 0 atom stereocenters. The molecule has 0 fully saturated rings. The normalized spacial score (nSPS) is 11.5. The van der Waals surface area contributed by atoms with Crippen molar-refractivity contribution < 1.29 is 9.53 Å². The first-order valence-electron chi connectivity index (χ1n) is 4.37. The summed E-state index contributed by atoms with van der Waals surface area (Å²) in [6, 6.07) is 1.86. The Morgan fingerprint density at radius 3 is 2.43 bits per heavy atom. The van der Waals surface area contributed by atoms with Crippen molar-refractivity contribution in [2.24, 2.45) is 0 Å². The van der Waals surface area contributed by atoms with E-state index in [1.807, 2.05) is 33.8 Å². The van der Waals surface area contributed by atoms with Gasteiger partial charge in [-0.2, -0.15) is 0 Å². The topological polar surface area (TPSA) is 31.2 Å². The second kappa shape index (κ2) is 3.77. The zero-order chi connectivity index (χ0) is 10.9. The van der Waals surface area contributed by atoms with E-state index in [1.54, 1.807) is 6.20 Å². The molecule has 0 saturated carbocycles. The maximum atomic E-state index is 11.6. The van der Waals surface area contributed by atoms with Crippen LogP contribution in [-0.2, 0) is 4.74 Å². The molecule has 0 bridgehead atoms. The highest BCUT2D eigenvalue weighted by molar-refractivity contribution is 9.10. The third-order valence-corrected chi connectivity index (χ3v) is 2.00. The lowest BCUT2D eigenvalue weighted by Crippen LogP contribution is -2.27. The molecule has 1 heterocycles. The van der Waals surface area contributed by atoms with Crippen molar-refractivity contribution in [3.63, 3.8) is 0 Å². The maximum Gasteiger partial charge on any atom is 0.418 e. The summed E-state index contributed by atoms with van der Waals surface area (Å²) in [6.45, 7) is 7.39. The molecular weight excluding hydrogens is 246 g/mol. The molecule has 0 radical (unpaired) electrons. The predicted octanol–water partition coefficient (Wildman–Crippen LogP) is 3.34. The van der Waals surface area contributed by atoms with Crippen molar-refractivity contribution in [3.05, 3.63) is 22.4 Å². The highest BCUT2D eigenvalue weighted by atomic mass is 79.9. The van der Waals surface area contributed by atoms with E-state index < -0.39 is 5.60 Å². The van der Waals surface area contributed by atoms with E-state index in [0.29, 0.717) is 0 Å². The van der Waals surface area contributed by atoms with E-state index in [1.165, 1.54) is 4.57 Å². The maximum absolute atomic E-state index is 11.6. The van der Waals surface area contributed by atoms with Gasteiger partial charge in [-0.1, -0.05) is 0 Å². The Balaban J connectivity index is 2.85. The molecule has 3 nitrogen and oxygen atoms in total. The molecule has 0 spiro atoms. The monoisotopic (exact) mass is 259 g/mol. The molecule has 14 heavy (non-hydrogen) atoms. The number of carbonyl (C=O) groups excluding carboxylic acids is 1. The van der Waals surface area contributed by atoms with Crippen LogP contribution in [0.3, 0.4) is 0 Å². The molecule has 0 aromatic carbocycles. The number of nitrogens with zero attached hydrogens (tertiary/aromatic N) is 1. The summed E-state index contributed by atoms with van der Waals surface area (Å²) in [5.41, 5.74) is 0.395. The van der Waals surface area contributed by atoms with Gasteiger partial charge in [0.05, 0.1) is 0 Å². The highest BCUT2D eigenvalue weighted by Gasteiger charge is 2.18. The summed E-state index contributed by atoms with van der Waals surface area (Å²) in [5, 5.41) is 0. The van der Waals surface area contributed by atoms with E-state index in [9.17, 15) is 4.79 Å². The Hall–Kier alpha value is -0.770. The smallest absolute Gasteiger partial charge is 0.418 e. The number of ether oxygens (including phenoxy) is 1. The van der Waals surface area contributed by atoms with Crippen molar-refractivity contribution >= 4 is 22.0 Å². The van der Waals surface area contributed by atoms with Gasteiger partial charge in [-0.05, 0) is 49.7 Å². The Morgan fingerprint density at radius 2 is 2.07 bits per heavy atom. The van der Waals surface area contributed by atoms with Crippen molar-refractivity contribution in [2.75, 3.05) is 0 Å². The molecular formula is C10H14BrNO2. The lowest BCUT2D eigenvalue weighted by Gasteiger charge is -2.19. The number of rotatable bonds is 0. The van der Waals surface area contributed by atoms with Gasteiger partial charge >= 0.3 is 6.09 Å². The van der Waals surface area contributed by atoms with Gasteiger partial charge in [-0.25, -0.2) is 4.79 Å². The minimum absolute atomic E-state index is 0.347. The number of hydrogen-bond acceptors (Lipinski definition) is 2. The van der Waals surface area contributed by atoms with Crippen LogP contribution in [0.15, 0.2) is 16.7 Å². The summed E-state index contributed by atoms with van der Waals surface area (Å²) in [7, 11) is 0. The van der Waals surface area contributed by atoms with Gasteiger partial charge in [-0.15, -0.1) is 0 Å². The highest BCUT2D eigenvalue weighted by Crippen LogP contribution is 2.16. The lowest BCUT2D eigenvalue weighted by molar-refractivity contribution is 0.0534. The molecule has 0 unspecified atom stereocenters.